The molecule has 1 N–H and O–H groups in total. The number of hydrogen-bond donors (Lipinski definition) is 1. The lowest BCUT2D eigenvalue weighted by Gasteiger charge is -2.15. The fourth-order valence-electron chi connectivity index (χ4n) is 2.74. The first-order valence-corrected chi connectivity index (χ1v) is 8.22. The van der Waals surface area contributed by atoms with E-state index in [1.165, 1.54) is 0 Å². The molecule has 0 saturated heterocycles. The molecule has 1 amide bonds. The van der Waals surface area contributed by atoms with E-state index in [1.807, 2.05) is 42.5 Å². The van der Waals surface area contributed by atoms with Crippen molar-refractivity contribution in [2.45, 2.75) is 6.54 Å². The topological polar surface area (TPSA) is 60.5 Å². The third-order valence-corrected chi connectivity index (χ3v) is 4.08. The van der Waals surface area contributed by atoms with Gasteiger partial charge in [0.05, 0.1) is 14.2 Å². The van der Waals surface area contributed by atoms with Gasteiger partial charge in [0.25, 0.3) is 5.91 Å². The molecule has 0 aliphatic heterocycles. The van der Waals surface area contributed by atoms with Gasteiger partial charge in [0.1, 0.15) is 17.2 Å². The lowest BCUT2D eigenvalue weighted by Crippen LogP contribution is -2.24. The molecule has 3 rings (SSSR count). The van der Waals surface area contributed by atoms with Crippen LogP contribution in [0.5, 0.6) is 11.5 Å². The Bertz CT molecular complexity index is 878. The zero-order valence-corrected chi connectivity index (χ0v) is 14.7. The van der Waals surface area contributed by atoms with E-state index in [-0.39, 0.29) is 5.91 Å². The largest absolute Gasteiger partial charge is 0.497 e. The van der Waals surface area contributed by atoms with Crippen molar-refractivity contribution in [2.75, 3.05) is 14.2 Å². The van der Waals surface area contributed by atoms with Crippen molar-refractivity contribution in [3.8, 4) is 22.6 Å². The number of ether oxygens (including phenoxy) is 2. The fraction of sp³-hybridized carbons (Fsp3) is 0.143. The van der Waals surface area contributed by atoms with Crippen LogP contribution in [0, 0.1) is 0 Å². The average molecular weight is 348 g/mol. The Balaban J connectivity index is 1.88. The van der Waals surface area contributed by atoms with Crippen LogP contribution >= 0.6 is 0 Å². The van der Waals surface area contributed by atoms with E-state index in [9.17, 15) is 4.79 Å². The number of aromatic nitrogens is 1. The summed E-state index contributed by atoms with van der Waals surface area (Å²) < 4.78 is 10.7. The predicted octanol–water partition coefficient (Wildman–Crippen LogP) is 3.70. The van der Waals surface area contributed by atoms with E-state index in [0.717, 1.165) is 28.2 Å². The minimum Gasteiger partial charge on any atom is -0.497 e. The molecule has 0 saturated carbocycles. The van der Waals surface area contributed by atoms with Gasteiger partial charge in [-0.2, -0.15) is 0 Å². The first-order chi connectivity index (χ1) is 12.7. The molecule has 1 aromatic heterocycles. The zero-order chi connectivity index (χ0) is 18.4. The molecule has 0 aliphatic rings. The van der Waals surface area contributed by atoms with Crippen LogP contribution in [0.15, 0.2) is 66.9 Å². The molecule has 3 aromatic rings. The second-order valence-electron chi connectivity index (χ2n) is 5.61. The van der Waals surface area contributed by atoms with Gasteiger partial charge in [-0.15, -0.1) is 0 Å². The number of amides is 1. The summed E-state index contributed by atoms with van der Waals surface area (Å²) >= 11 is 0. The van der Waals surface area contributed by atoms with E-state index in [1.54, 1.807) is 38.6 Å². The Hall–Kier alpha value is -3.34. The summed E-state index contributed by atoms with van der Waals surface area (Å²) in [6.07, 6.45) is 1.60. The molecule has 2 aromatic carbocycles. The van der Waals surface area contributed by atoms with Crippen LogP contribution < -0.4 is 14.8 Å². The zero-order valence-electron chi connectivity index (χ0n) is 14.7. The fourth-order valence-corrected chi connectivity index (χ4v) is 2.74. The third-order valence-electron chi connectivity index (χ3n) is 4.08. The molecule has 0 bridgehead atoms. The van der Waals surface area contributed by atoms with E-state index in [4.69, 9.17) is 9.47 Å². The van der Waals surface area contributed by atoms with Crippen molar-refractivity contribution in [2.24, 2.45) is 0 Å². The van der Waals surface area contributed by atoms with Crippen LogP contribution in [0.3, 0.4) is 0 Å². The number of nitrogens with zero attached hydrogens (tertiary/aromatic N) is 1. The highest BCUT2D eigenvalue weighted by atomic mass is 16.5. The van der Waals surface area contributed by atoms with Crippen molar-refractivity contribution >= 4 is 5.91 Å². The maximum absolute atomic E-state index is 12.3. The molecular weight excluding hydrogens is 328 g/mol. The van der Waals surface area contributed by atoms with E-state index in [2.05, 4.69) is 10.3 Å². The van der Waals surface area contributed by atoms with Crippen LogP contribution in [0.2, 0.25) is 0 Å². The standard InChI is InChI=1S/C21H20N2O3/c1-25-16-11-9-15(10-12-16)17-6-5-8-20(26-2)18(17)14-23-21(24)19-7-3-4-13-22-19/h3-13H,14H2,1-2H3,(H,23,24). The summed E-state index contributed by atoms with van der Waals surface area (Å²) in [4.78, 5) is 16.4. The summed E-state index contributed by atoms with van der Waals surface area (Å²) in [5, 5.41) is 2.92. The maximum Gasteiger partial charge on any atom is 0.270 e. The first kappa shape index (κ1) is 17.5. The third kappa shape index (κ3) is 3.83. The van der Waals surface area contributed by atoms with Gasteiger partial charge in [0.15, 0.2) is 0 Å². The van der Waals surface area contributed by atoms with Crippen molar-refractivity contribution < 1.29 is 14.3 Å². The molecule has 132 valence electrons. The normalized spacial score (nSPS) is 10.2. The van der Waals surface area contributed by atoms with Crippen LogP contribution in [-0.4, -0.2) is 25.1 Å². The summed E-state index contributed by atoms with van der Waals surface area (Å²) in [5.74, 6) is 1.29. The monoisotopic (exact) mass is 348 g/mol. The molecule has 0 unspecified atom stereocenters. The number of methoxy groups -OCH3 is 2. The minimum atomic E-state index is -0.225. The molecule has 1 heterocycles. The first-order valence-electron chi connectivity index (χ1n) is 8.22. The number of carbonyl (C=O) groups is 1. The number of benzene rings is 2. The van der Waals surface area contributed by atoms with Crippen molar-refractivity contribution in [1.29, 1.82) is 0 Å². The van der Waals surface area contributed by atoms with Gasteiger partial charge in [-0.3, -0.25) is 9.78 Å². The van der Waals surface area contributed by atoms with Gasteiger partial charge in [-0.25, -0.2) is 0 Å². The Morgan fingerprint density at radius 2 is 1.77 bits per heavy atom. The molecule has 5 nitrogen and oxygen atoms in total. The number of hydrogen-bond acceptors (Lipinski definition) is 4. The second-order valence-corrected chi connectivity index (χ2v) is 5.61. The number of pyridine rings is 1. The summed E-state index contributed by atoms with van der Waals surface area (Å²) in [6, 6.07) is 18.9. The van der Waals surface area contributed by atoms with Gasteiger partial charge in [-0.1, -0.05) is 30.3 Å². The Morgan fingerprint density at radius 3 is 2.42 bits per heavy atom. The highest BCUT2D eigenvalue weighted by Gasteiger charge is 2.13. The van der Waals surface area contributed by atoms with Crippen molar-refractivity contribution in [1.82, 2.24) is 10.3 Å². The summed E-state index contributed by atoms with van der Waals surface area (Å²) in [5.41, 5.74) is 3.30. The Morgan fingerprint density at radius 1 is 0.962 bits per heavy atom. The summed E-state index contributed by atoms with van der Waals surface area (Å²) in [6.45, 7) is 0.334. The highest BCUT2D eigenvalue weighted by molar-refractivity contribution is 5.92. The average Bonchev–Trinajstić information content (AvgIpc) is 2.72. The van der Waals surface area contributed by atoms with E-state index >= 15 is 0 Å². The quantitative estimate of drug-likeness (QED) is 0.738. The predicted molar refractivity (Wildman–Crippen MR) is 100 cm³/mol. The van der Waals surface area contributed by atoms with Crippen LogP contribution in [-0.2, 0) is 6.54 Å². The molecule has 26 heavy (non-hydrogen) atoms. The molecule has 0 spiro atoms. The Labute approximate surface area is 152 Å². The van der Waals surface area contributed by atoms with Crippen molar-refractivity contribution in [3.05, 3.63) is 78.1 Å². The molecule has 0 radical (unpaired) electrons. The Kier molecular flexibility index (Phi) is 5.49. The SMILES string of the molecule is COc1ccc(-c2cccc(OC)c2CNC(=O)c2ccccn2)cc1. The van der Waals surface area contributed by atoms with Crippen LogP contribution in [0.25, 0.3) is 11.1 Å². The van der Waals surface area contributed by atoms with Crippen molar-refractivity contribution in [3.63, 3.8) is 0 Å². The second kappa shape index (κ2) is 8.16. The number of carbonyl (C=O) groups excluding carboxylic acids is 1. The number of rotatable bonds is 6. The molecule has 0 fully saturated rings. The van der Waals surface area contributed by atoms with Gasteiger partial charge in [0, 0.05) is 18.3 Å². The molecule has 0 atom stereocenters. The maximum atomic E-state index is 12.3. The van der Waals surface area contributed by atoms with Crippen LogP contribution in [0.1, 0.15) is 16.1 Å². The molecule has 0 aliphatic carbocycles. The lowest BCUT2D eigenvalue weighted by atomic mass is 9.98. The van der Waals surface area contributed by atoms with Crippen LogP contribution in [0.4, 0.5) is 0 Å². The number of nitrogens with one attached hydrogen (secondary N) is 1. The van der Waals surface area contributed by atoms with Gasteiger partial charge in [-0.05, 0) is 41.5 Å². The lowest BCUT2D eigenvalue weighted by molar-refractivity contribution is 0.0946. The van der Waals surface area contributed by atoms with E-state index < -0.39 is 0 Å². The minimum absolute atomic E-state index is 0.225. The van der Waals surface area contributed by atoms with Gasteiger partial charge < -0.3 is 14.8 Å². The van der Waals surface area contributed by atoms with E-state index in [0.29, 0.717) is 12.2 Å². The molecular formula is C21H20N2O3. The van der Waals surface area contributed by atoms with Gasteiger partial charge in [0.2, 0.25) is 0 Å². The molecule has 5 heteroatoms. The summed E-state index contributed by atoms with van der Waals surface area (Å²) in [7, 11) is 3.26. The highest BCUT2D eigenvalue weighted by Crippen LogP contribution is 2.31. The van der Waals surface area contributed by atoms with Gasteiger partial charge >= 0.3 is 0 Å². The smallest absolute Gasteiger partial charge is 0.270 e.